The highest BCUT2D eigenvalue weighted by atomic mass is 32.2. The first-order valence-electron chi connectivity index (χ1n) is 6.86. The summed E-state index contributed by atoms with van der Waals surface area (Å²) in [6.45, 7) is 6.27. The Morgan fingerprint density at radius 3 is 2.57 bits per heavy atom. The van der Waals surface area contributed by atoms with E-state index in [1.807, 2.05) is 32.2 Å². The van der Waals surface area contributed by atoms with Gasteiger partial charge < -0.3 is 0 Å². The molecule has 0 spiro atoms. The van der Waals surface area contributed by atoms with Crippen molar-refractivity contribution in [1.82, 2.24) is 9.71 Å². The van der Waals surface area contributed by atoms with Crippen molar-refractivity contribution < 1.29 is 8.42 Å². The van der Waals surface area contributed by atoms with Crippen LogP contribution in [0.15, 0.2) is 28.5 Å². The number of aromatic nitrogens is 1. The SMILES string of the molecule is Cc1csc(CCCNS(=O)(=O)c2ccc(C)c(C)c2)n1. The van der Waals surface area contributed by atoms with Crippen LogP contribution >= 0.6 is 11.3 Å². The smallest absolute Gasteiger partial charge is 0.240 e. The molecule has 2 rings (SSSR count). The Morgan fingerprint density at radius 2 is 1.95 bits per heavy atom. The Kier molecular flexibility index (Phi) is 5.13. The molecule has 0 aliphatic heterocycles. The fraction of sp³-hybridized carbons (Fsp3) is 0.400. The van der Waals surface area contributed by atoms with E-state index < -0.39 is 10.0 Å². The van der Waals surface area contributed by atoms with Gasteiger partial charge in [0.05, 0.1) is 9.90 Å². The van der Waals surface area contributed by atoms with E-state index in [1.54, 1.807) is 23.5 Å². The number of hydrogen-bond donors (Lipinski definition) is 1. The van der Waals surface area contributed by atoms with Crippen molar-refractivity contribution in [2.24, 2.45) is 0 Å². The van der Waals surface area contributed by atoms with Gasteiger partial charge in [-0.1, -0.05) is 6.07 Å². The van der Waals surface area contributed by atoms with Crippen molar-refractivity contribution in [3.63, 3.8) is 0 Å². The van der Waals surface area contributed by atoms with Crippen molar-refractivity contribution in [3.8, 4) is 0 Å². The van der Waals surface area contributed by atoms with E-state index >= 15 is 0 Å². The summed E-state index contributed by atoms with van der Waals surface area (Å²) in [6.07, 6.45) is 1.55. The van der Waals surface area contributed by atoms with Crippen LogP contribution in [-0.2, 0) is 16.4 Å². The number of aryl methyl sites for hydroxylation is 4. The fourth-order valence-corrected chi connectivity index (χ4v) is 3.91. The van der Waals surface area contributed by atoms with Gasteiger partial charge in [0.15, 0.2) is 0 Å². The minimum Gasteiger partial charge on any atom is -0.247 e. The van der Waals surface area contributed by atoms with Crippen molar-refractivity contribution in [1.29, 1.82) is 0 Å². The summed E-state index contributed by atoms with van der Waals surface area (Å²) in [5.74, 6) is 0. The Labute approximate surface area is 130 Å². The molecule has 114 valence electrons. The molecule has 0 aliphatic carbocycles. The number of thiazole rings is 1. The summed E-state index contributed by atoms with van der Waals surface area (Å²) in [6, 6.07) is 5.19. The van der Waals surface area contributed by atoms with Gasteiger partial charge in [0.2, 0.25) is 10.0 Å². The first-order chi connectivity index (χ1) is 9.88. The van der Waals surface area contributed by atoms with Crippen LogP contribution in [0, 0.1) is 20.8 Å². The minimum atomic E-state index is -3.42. The second-order valence-electron chi connectivity index (χ2n) is 5.13. The number of rotatable bonds is 6. The molecule has 1 heterocycles. The van der Waals surface area contributed by atoms with Crippen LogP contribution in [0.1, 0.15) is 28.2 Å². The van der Waals surface area contributed by atoms with Crippen LogP contribution in [0.5, 0.6) is 0 Å². The molecule has 0 radical (unpaired) electrons. The van der Waals surface area contributed by atoms with Crippen LogP contribution in [0.2, 0.25) is 0 Å². The molecule has 0 fully saturated rings. The van der Waals surface area contributed by atoms with Crippen LogP contribution in [0.3, 0.4) is 0 Å². The maximum absolute atomic E-state index is 12.2. The maximum Gasteiger partial charge on any atom is 0.240 e. The summed E-state index contributed by atoms with van der Waals surface area (Å²) in [4.78, 5) is 4.69. The third-order valence-corrected chi connectivity index (χ3v) is 5.80. The molecule has 21 heavy (non-hydrogen) atoms. The monoisotopic (exact) mass is 324 g/mol. The predicted octanol–water partition coefficient (Wildman–Crippen LogP) is 2.98. The normalized spacial score (nSPS) is 11.8. The Morgan fingerprint density at radius 1 is 1.19 bits per heavy atom. The molecular weight excluding hydrogens is 304 g/mol. The molecule has 0 amide bonds. The summed E-state index contributed by atoms with van der Waals surface area (Å²) in [5, 5.41) is 3.06. The third kappa shape index (κ3) is 4.36. The largest absolute Gasteiger partial charge is 0.247 e. The van der Waals surface area contributed by atoms with E-state index in [0.29, 0.717) is 11.4 Å². The second-order valence-corrected chi connectivity index (χ2v) is 7.84. The molecule has 1 N–H and O–H groups in total. The standard InChI is InChI=1S/C15H20N2O2S2/c1-11-6-7-14(9-12(11)2)21(18,19)16-8-4-5-15-17-13(3)10-20-15/h6-7,9-10,16H,4-5,8H2,1-3H3. The van der Waals surface area contributed by atoms with Crippen LogP contribution in [0.25, 0.3) is 0 Å². The molecule has 0 saturated carbocycles. The van der Waals surface area contributed by atoms with E-state index in [2.05, 4.69) is 9.71 Å². The lowest BCUT2D eigenvalue weighted by molar-refractivity contribution is 0.579. The third-order valence-electron chi connectivity index (χ3n) is 3.31. The predicted molar refractivity (Wildman–Crippen MR) is 86.3 cm³/mol. The second kappa shape index (κ2) is 6.68. The minimum absolute atomic E-state index is 0.329. The zero-order valence-electron chi connectivity index (χ0n) is 12.5. The highest BCUT2D eigenvalue weighted by Gasteiger charge is 2.13. The zero-order chi connectivity index (χ0) is 15.5. The topological polar surface area (TPSA) is 59.1 Å². The molecule has 0 atom stereocenters. The van der Waals surface area contributed by atoms with Gasteiger partial charge in [-0.25, -0.2) is 18.1 Å². The van der Waals surface area contributed by atoms with Crippen molar-refractivity contribution in [3.05, 3.63) is 45.4 Å². The average Bonchev–Trinajstić information content (AvgIpc) is 2.83. The Balaban J connectivity index is 1.90. The van der Waals surface area contributed by atoms with Gasteiger partial charge in [0, 0.05) is 24.0 Å². The van der Waals surface area contributed by atoms with E-state index in [1.165, 1.54) is 0 Å². The molecule has 0 unspecified atom stereocenters. The van der Waals surface area contributed by atoms with Gasteiger partial charge in [-0.3, -0.25) is 0 Å². The molecule has 0 saturated heterocycles. The quantitative estimate of drug-likeness (QED) is 0.831. The van der Waals surface area contributed by atoms with Gasteiger partial charge in [-0.15, -0.1) is 11.3 Å². The molecule has 2 aromatic rings. The van der Waals surface area contributed by atoms with Gasteiger partial charge in [0.1, 0.15) is 0 Å². The summed E-state index contributed by atoms with van der Waals surface area (Å²) in [5.41, 5.74) is 3.09. The maximum atomic E-state index is 12.2. The number of nitrogens with zero attached hydrogens (tertiary/aromatic N) is 1. The van der Waals surface area contributed by atoms with Crippen molar-refractivity contribution in [2.75, 3.05) is 6.54 Å². The summed E-state index contributed by atoms with van der Waals surface area (Å²) >= 11 is 1.62. The van der Waals surface area contributed by atoms with Crippen LogP contribution < -0.4 is 4.72 Å². The van der Waals surface area contributed by atoms with Gasteiger partial charge in [-0.2, -0.15) is 0 Å². The number of hydrogen-bond acceptors (Lipinski definition) is 4. The van der Waals surface area contributed by atoms with Crippen LogP contribution in [-0.4, -0.2) is 19.9 Å². The fourth-order valence-electron chi connectivity index (χ4n) is 1.93. The molecule has 4 nitrogen and oxygen atoms in total. The first kappa shape index (κ1) is 16.1. The van der Waals surface area contributed by atoms with Crippen molar-refractivity contribution in [2.45, 2.75) is 38.5 Å². The Hall–Kier alpha value is -1.24. The molecule has 1 aromatic carbocycles. The van der Waals surface area contributed by atoms with Crippen LogP contribution in [0.4, 0.5) is 0 Å². The first-order valence-corrected chi connectivity index (χ1v) is 9.23. The van der Waals surface area contributed by atoms with Gasteiger partial charge in [0.25, 0.3) is 0 Å². The average molecular weight is 324 g/mol. The van der Waals surface area contributed by atoms with E-state index in [0.717, 1.165) is 34.7 Å². The lowest BCUT2D eigenvalue weighted by Gasteiger charge is -2.08. The summed E-state index contributed by atoms with van der Waals surface area (Å²) < 4.78 is 27.0. The molecular formula is C15H20N2O2S2. The Bertz CT molecular complexity index is 721. The molecule has 6 heteroatoms. The molecule has 0 aliphatic rings. The highest BCUT2D eigenvalue weighted by molar-refractivity contribution is 7.89. The van der Waals surface area contributed by atoms with E-state index in [4.69, 9.17) is 0 Å². The highest BCUT2D eigenvalue weighted by Crippen LogP contribution is 2.15. The van der Waals surface area contributed by atoms with Gasteiger partial charge >= 0.3 is 0 Å². The summed E-state index contributed by atoms with van der Waals surface area (Å²) in [7, 11) is -3.42. The zero-order valence-corrected chi connectivity index (χ0v) is 14.1. The number of benzene rings is 1. The molecule has 1 aromatic heterocycles. The van der Waals surface area contributed by atoms with E-state index in [-0.39, 0.29) is 0 Å². The lowest BCUT2D eigenvalue weighted by Crippen LogP contribution is -2.25. The van der Waals surface area contributed by atoms with E-state index in [9.17, 15) is 8.42 Å². The lowest BCUT2D eigenvalue weighted by atomic mass is 10.1. The van der Waals surface area contributed by atoms with Gasteiger partial charge in [-0.05, 0) is 50.5 Å². The number of sulfonamides is 1. The molecule has 0 bridgehead atoms. The van der Waals surface area contributed by atoms with Crippen molar-refractivity contribution >= 4 is 21.4 Å². The number of nitrogens with one attached hydrogen (secondary N) is 1.